The lowest BCUT2D eigenvalue weighted by Gasteiger charge is -2.29. The predicted octanol–water partition coefficient (Wildman–Crippen LogP) is 3.05. The summed E-state index contributed by atoms with van der Waals surface area (Å²) in [6, 6.07) is 0.531. The van der Waals surface area contributed by atoms with E-state index >= 15 is 0 Å². The highest BCUT2D eigenvalue weighted by Gasteiger charge is 2.52. The average molecular weight is 335 g/mol. The summed E-state index contributed by atoms with van der Waals surface area (Å²) in [7, 11) is 0. The summed E-state index contributed by atoms with van der Waals surface area (Å²) in [4.78, 5) is 27.4. The normalized spacial score (nSPS) is 27.0. The van der Waals surface area contributed by atoms with Crippen molar-refractivity contribution in [2.24, 2.45) is 11.3 Å². The molecule has 2 aliphatic carbocycles. The number of nitrogens with zero attached hydrogens (tertiary/aromatic N) is 1. The molecular weight excluding hydrogens is 302 g/mol. The van der Waals surface area contributed by atoms with E-state index in [2.05, 4.69) is 10.6 Å². The summed E-state index contributed by atoms with van der Waals surface area (Å²) in [5, 5.41) is 6.30. The van der Waals surface area contributed by atoms with Gasteiger partial charge in [0, 0.05) is 30.6 Å². The Balaban J connectivity index is 1.65. The molecule has 1 unspecified atom stereocenters. The molecule has 1 aliphatic heterocycles. The zero-order valence-corrected chi connectivity index (χ0v) is 15.3. The van der Waals surface area contributed by atoms with Crippen LogP contribution in [0.15, 0.2) is 0 Å². The lowest BCUT2D eigenvalue weighted by Crippen LogP contribution is -2.45. The van der Waals surface area contributed by atoms with Crippen molar-refractivity contribution < 1.29 is 9.59 Å². The van der Waals surface area contributed by atoms with Crippen molar-refractivity contribution in [3.63, 3.8) is 0 Å². The first-order chi connectivity index (χ1) is 11.5. The molecule has 3 rings (SSSR count). The highest BCUT2D eigenvalue weighted by atomic mass is 16.2. The molecule has 1 spiro atoms. The smallest absolute Gasteiger partial charge is 0.317 e. The lowest BCUT2D eigenvalue weighted by atomic mass is 9.76. The molecule has 0 aromatic carbocycles. The summed E-state index contributed by atoms with van der Waals surface area (Å²) in [5.41, 5.74) is 0.0167. The Morgan fingerprint density at radius 2 is 1.71 bits per heavy atom. The number of nitrogens with one attached hydrogen (secondary N) is 2. The van der Waals surface area contributed by atoms with E-state index in [-0.39, 0.29) is 29.3 Å². The number of hydrogen-bond donors (Lipinski definition) is 2. The largest absolute Gasteiger partial charge is 0.354 e. The quantitative estimate of drug-likeness (QED) is 0.833. The second-order valence-corrected chi connectivity index (χ2v) is 8.45. The van der Waals surface area contributed by atoms with E-state index in [9.17, 15) is 9.59 Å². The predicted molar refractivity (Wildman–Crippen MR) is 94.6 cm³/mol. The van der Waals surface area contributed by atoms with Gasteiger partial charge >= 0.3 is 6.03 Å². The first-order valence-corrected chi connectivity index (χ1v) is 9.86. The molecule has 0 radical (unpaired) electrons. The van der Waals surface area contributed by atoms with Crippen molar-refractivity contribution in [3.8, 4) is 0 Å². The van der Waals surface area contributed by atoms with Crippen LogP contribution in [0.1, 0.15) is 71.6 Å². The molecule has 1 heterocycles. The molecule has 2 saturated carbocycles. The molecule has 5 heteroatoms. The van der Waals surface area contributed by atoms with E-state index < -0.39 is 0 Å². The third kappa shape index (κ3) is 3.70. The highest BCUT2D eigenvalue weighted by molar-refractivity contribution is 5.83. The Kier molecular flexibility index (Phi) is 5.36. The number of amides is 3. The van der Waals surface area contributed by atoms with Gasteiger partial charge in [0.15, 0.2) is 0 Å². The lowest BCUT2D eigenvalue weighted by molar-refractivity contribution is -0.128. The van der Waals surface area contributed by atoms with E-state index in [4.69, 9.17) is 0 Å². The molecule has 1 atom stereocenters. The molecule has 0 aromatic rings. The van der Waals surface area contributed by atoms with Gasteiger partial charge in [0.2, 0.25) is 5.91 Å². The van der Waals surface area contributed by atoms with Crippen LogP contribution in [-0.4, -0.2) is 42.0 Å². The van der Waals surface area contributed by atoms with Crippen molar-refractivity contribution in [1.82, 2.24) is 15.5 Å². The zero-order chi connectivity index (χ0) is 17.2. The highest BCUT2D eigenvalue weighted by Crippen LogP contribution is 2.49. The van der Waals surface area contributed by atoms with Crippen molar-refractivity contribution in [1.29, 1.82) is 0 Å². The summed E-state index contributed by atoms with van der Waals surface area (Å²) in [6.45, 7) is 5.34. The van der Waals surface area contributed by atoms with Crippen molar-refractivity contribution in [2.45, 2.75) is 83.7 Å². The topological polar surface area (TPSA) is 61.4 Å². The van der Waals surface area contributed by atoms with Crippen LogP contribution in [0.5, 0.6) is 0 Å². The fraction of sp³-hybridized carbons (Fsp3) is 0.895. The van der Waals surface area contributed by atoms with Gasteiger partial charge in [0.05, 0.1) is 5.92 Å². The number of carbonyl (C=O) groups excluding carboxylic acids is 2. The maximum absolute atomic E-state index is 12.7. The van der Waals surface area contributed by atoms with Gasteiger partial charge in [-0.15, -0.1) is 0 Å². The van der Waals surface area contributed by atoms with E-state index in [1.165, 1.54) is 32.1 Å². The van der Waals surface area contributed by atoms with Gasteiger partial charge in [-0.25, -0.2) is 4.79 Å². The van der Waals surface area contributed by atoms with Crippen LogP contribution in [0.25, 0.3) is 0 Å². The molecule has 0 aromatic heterocycles. The van der Waals surface area contributed by atoms with Gasteiger partial charge in [-0.3, -0.25) is 4.79 Å². The zero-order valence-electron chi connectivity index (χ0n) is 15.3. The van der Waals surface area contributed by atoms with E-state index in [1.54, 1.807) is 0 Å². The van der Waals surface area contributed by atoms with Gasteiger partial charge in [0.25, 0.3) is 0 Å². The molecule has 3 amide bonds. The monoisotopic (exact) mass is 335 g/mol. The Morgan fingerprint density at radius 1 is 1.04 bits per heavy atom. The van der Waals surface area contributed by atoms with Gasteiger partial charge < -0.3 is 15.5 Å². The van der Waals surface area contributed by atoms with Crippen LogP contribution >= 0.6 is 0 Å². The van der Waals surface area contributed by atoms with Gasteiger partial charge in [-0.05, 0) is 39.5 Å². The Morgan fingerprint density at radius 3 is 2.33 bits per heavy atom. The SMILES string of the molecule is CC(C)NC(=O)C1CN(C(=O)NC2CCCCC2)CC12CCCC2. The van der Waals surface area contributed by atoms with E-state index in [0.717, 1.165) is 32.2 Å². The molecule has 1 saturated heterocycles. The Bertz CT molecular complexity index is 465. The van der Waals surface area contributed by atoms with E-state index in [1.807, 2.05) is 18.7 Å². The second kappa shape index (κ2) is 7.32. The number of urea groups is 1. The van der Waals surface area contributed by atoms with Crippen molar-refractivity contribution in [2.75, 3.05) is 13.1 Å². The Labute approximate surface area is 145 Å². The second-order valence-electron chi connectivity index (χ2n) is 8.45. The Hall–Kier alpha value is -1.26. The third-order valence-corrected chi connectivity index (χ3v) is 6.21. The van der Waals surface area contributed by atoms with Crippen LogP contribution in [-0.2, 0) is 4.79 Å². The number of rotatable bonds is 3. The molecule has 3 aliphatic rings. The number of hydrogen-bond acceptors (Lipinski definition) is 2. The molecule has 2 N–H and O–H groups in total. The molecule has 3 fully saturated rings. The van der Waals surface area contributed by atoms with Crippen LogP contribution < -0.4 is 10.6 Å². The van der Waals surface area contributed by atoms with Crippen LogP contribution in [0, 0.1) is 11.3 Å². The summed E-state index contributed by atoms with van der Waals surface area (Å²) < 4.78 is 0. The average Bonchev–Trinajstić information content (AvgIpc) is 3.16. The maximum Gasteiger partial charge on any atom is 0.317 e. The van der Waals surface area contributed by atoms with Crippen LogP contribution in [0.2, 0.25) is 0 Å². The van der Waals surface area contributed by atoms with Gasteiger partial charge in [-0.2, -0.15) is 0 Å². The summed E-state index contributed by atoms with van der Waals surface area (Å²) in [5.74, 6) is 0.0966. The molecular formula is C19H33N3O2. The fourth-order valence-corrected chi connectivity index (χ4v) is 4.97. The van der Waals surface area contributed by atoms with Crippen LogP contribution in [0.4, 0.5) is 4.79 Å². The molecule has 136 valence electrons. The molecule has 5 nitrogen and oxygen atoms in total. The number of carbonyl (C=O) groups is 2. The first-order valence-electron chi connectivity index (χ1n) is 9.86. The minimum atomic E-state index is -0.0421. The third-order valence-electron chi connectivity index (χ3n) is 6.21. The minimum absolute atomic E-state index is 0.0167. The maximum atomic E-state index is 12.7. The fourth-order valence-electron chi connectivity index (χ4n) is 4.97. The van der Waals surface area contributed by atoms with Crippen LogP contribution in [0.3, 0.4) is 0 Å². The van der Waals surface area contributed by atoms with Gasteiger partial charge in [0.1, 0.15) is 0 Å². The van der Waals surface area contributed by atoms with E-state index in [0.29, 0.717) is 12.6 Å². The standard InChI is InChI=1S/C19H33N3O2/c1-14(2)20-17(23)16-12-22(13-19(16)10-6-7-11-19)18(24)21-15-8-4-3-5-9-15/h14-16H,3-13H2,1-2H3,(H,20,23)(H,21,24). The van der Waals surface area contributed by atoms with Crippen molar-refractivity contribution in [3.05, 3.63) is 0 Å². The molecule has 0 bridgehead atoms. The molecule has 24 heavy (non-hydrogen) atoms. The minimum Gasteiger partial charge on any atom is -0.354 e. The first kappa shape index (κ1) is 17.6. The number of likely N-dealkylation sites (tertiary alicyclic amines) is 1. The van der Waals surface area contributed by atoms with Gasteiger partial charge in [-0.1, -0.05) is 32.1 Å². The summed E-state index contributed by atoms with van der Waals surface area (Å²) >= 11 is 0. The van der Waals surface area contributed by atoms with Crippen molar-refractivity contribution >= 4 is 11.9 Å². The summed E-state index contributed by atoms with van der Waals surface area (Å²) in [6.07, 6.45) is 10.4.